The molecule has 0 amide bonds. The van der Waals surface area contributed by atoms with Gasteiger partial charge in [-0.2, -0.15) is 0 Å². The lowest BCUT2D eigenvalue weighted by molar-refractivity contribution is 0.0350. The van der Waals surface area contributed by atoms with Gasteiger partial charge in [-0.05, 0) is 39.8 Å². The van der Waals surface area contributed by atoms with Crippen LogP contribution in [0.2, 0.25) is 0 Å². The van der Waals surface area contributed by atoms with Gasteiger partial charge in [-0.3, -0.25) is 0 Å². The first kappa shape index (κ1) is 25.9. The number of hydrogen-bond donors (Lipinski definition) is 1. The molecule has 26 heavy (non-hydrogen) atoms. The molecule has 0 saturated heterocycles. The van der Waals surface area contributed by atoms with Crippen LogP contribution in [0.4, 0.5) is 0 Å². The van der Waals surface area contributed by atoms with Crippen LogP contribution < -0.4 is 0 Å². The van der Waals surface area contributed by atoms with E-state index in [-0.39, 0.29) is 0 Å². The molecule has 158 valence electrons. The Hall–Kier alpha value is -0.0800. The zero-order valence-corrected chi connectivity index (χ0v) is 18.8. The normalized spacial score (nSPS) is 12.2. The summed E-state index contributed by atoms with van der Waals surface area (Å²) in [5, 5.41) is 10.2. The number of aliphatic hydroxyl groups is 1. The zero-order valence-electron chi connectivity index (χ0n) is 18.8. The Kier molecular flexibility index (Phi) is 18.2. The third-order valence-electron chi connectivity index (χ3n) is 5.27. The Balaban J connectivity index is 3.74. The van der Waals surface area contributed by atoms with Crippen LogP contribution in [0.3, 0.4) is 0 Å². The molecule has 0 aliphatic heterocycles. The molecule has 0 spiro atoms. The van der Waals surface area contributed by atoms with E-state index in [1.54, 1.807) is 0 Å². The minimum Gasteiger partial charge on any atom is -0.389 e. The van der Waals surface area contributed by atoms with Gasteiger partial charge >= 0.3 is 0 Å². The molecule has 1 N–H and O–H groups in total. The highest BCUT2D eigenvalue weighted by Gasteiger charge is 2.17. The second-order valence-electron chi connectivity index (χ2n) is 9.04. The van der Waals surface area contributed by atoms with Crippen molar-refractivity contribution >= 4 is 0 Å². The average Bonchev–Trinajstić information content (AvgIpc) is 2.58. The first-order valence-electron chi connectivity index (χ1n) is 11.9. The summed E-state index contributed by atoms with van der Waals surface area (Å²) in [6.45, 7) is 11.6. The van der Waals surface area contributed by atoms with Crippen LogP contribution in [0.25, 0.3) is 0 Å². The van der Waals surface area contributed by atoms with E-state index >= 15 is 0 Å². The molecule has 0 aromatic rings. The van der Waals surface area contributed by atoms with Crippen molar-refractivity contribution in [2.45, 2.75) is 136 Å². The first-order valence-corrected chi connectivity index (χ1v) is 11.9. The lowest BCUT2D eigenvalue weighted by Gasteiger charge is -2.29. The van der Waals surface area contributed by atoms with Crippen molar-refractivity contribution in [3.05, 3.63) is 0 Å². The van der Waals surface area contributed by atoms with Crippen LogP contribution in [-0.2, 0) is 0 Å². The largest absolute Gasteiger partial charge is 0.389 e. The van der Waals surface area contributed by atoms with Crippen molar-refractivity contribution in [2.24, 2.45) is 0 Å². The molecule has 0 aliphatic carbocycles. The minimum atomic E-state index is -0.569. The Morgan fingerprint density at radius 2 is 0.846 bits per heavy atom. The second-order valence-corrected chi connectivity index (χ2v) is 9.04. The van der Waals surface area contributed by atoms with E-state index < -0.39 is 5.60 Å². The van der Waals surface area contributed by atoms with Crippen LogP contribution in [0, 0.1) is 0 Å². The molecule has 0 radical (unpaired) electrons. The van der Waals surface area contributed by atoms with E-state index in [4.69, 9.17) is 0 Å². The Morgan fingerprint density at radius 1 is 0.538 bits per heavy atom. The van der Waals surface area contributed by atoms with Crippen LogP contribution in [-0.4, -0.2) is 35.2 Å². The van der Waals surface area contributed by atoms with Crippen molar-refractivity contribution in [2.75, 3.05) is 19.6 Å². The Labute approximate surface area is 166 Å². The highest BCUT2D eigenvalue weighted by Crippen LogP contribution is 2.13. The zero-order chi connectivity index (χ0) is 19.5. The fourth-order valence-corrected chi connectivity index (χ4v) is 3.76. The van der Waals surface area contributed by atoms with Gasteiger partial charge in [-0.15, -0.1) is 0 Å². The molecule has 0 bridgehead atoms. The van der Waals surface area contributed by atoms with Crippen LogP contribution in [0.1, 0.15) is 130 Å². The van der Waals surface area contributed by atoms with Gasteiger partial charge < -0.3 is 10.0 Å². The van der Waals surface area contributed by atoms with Crippen molar-refractivity contribution in [3.8, 4) is 0 Å². The lowest BCUT2D eigenvalue weighted by atomic mass is 10.1. The molecular formula is C24H51NO. The molecule has 0 saturated carbocycles. The lowest BCUT2D eigenvalue weighted by Crippen LogP contribution is -2.39. The maximum atomic E-state index is 10.2. The molecule has 0 rings (SSSR count). The van der Waals surface area contributed by atoms with Gasteiger partial charge in [0.15, 0.2) is 0 Å². The van der Waals surface area contributed by atoms with Gasteiger partial charge in [0.25, 0.3) is 0 Å². The highest BCUT2D eigenvalue weighted by molar-refractivity contribution is 4.72. The van der Waals surface area contributed by atoms with Crippen LogP contribution >= 0.6 is 0 Å². The Morgan fingerprint density at radius 3 is 1.15 bits per heavy atom. The summed E-state index contributed by atoms with van der Waals surface area (Å²) in [4.78, 5) is 2.51. The SMILES string of the molecule is CCCCCCCCCCN(CCCCCCCCCC)CC(C)(C)O. The van der Waals surface area contributed by atoms with Gasteiger partial charge in [0, 0.05) is 6.54 Å². The molecule has 0 unspecified atom stereocenters. The fraction of sp³-hybridized carbons (Fsp3) is 1.00. The van der Waals surface area contributed by atoms with Crippen LogP contribution in [0.15, 0.2) is 0 Å². The van der Waals surface area contributed by atoms with E-state index in [1.807, 2.05) is 13.8 Å². The van der Waals surface area contributed by atoms with Crippen molar-refractivity contribution in [3.63, 3.8) is 0 Å². The van der Waals surface area contributed by atoms with E-state index in [1.165, 1.54) is 103 Å². The molecule has 0 aromatic heterocycles. The smallest absolute Gasteiger partial charge is 0.0718 e. The topological polar surface area (TPSA) is 23.5 Å². The van der Waals surface area contributed by atoms with Gasteiger partial charge in [0.05, 0.1) is 5.60 Å². The predicted molar refractivity (Wildman–Crippen MR) is 118 cm³/mol. The highest BCUT2D eigenvalue weighted by atomic mass is 16.3. The van der Waals surface area contributed by atoms with Gasteiger partial charge in [-0.1, -0.05) is 104 Å². The fourth-order valence-electron chi connectivity index (χ4n) is 3.76. The summed E-state index contributed by atoms with van der Waals surface area (Å²) in [7, 11) is 0. The molecule has 2 heteroatoms. The van der Waals surface area contributed by atoms with Gasteiger partial charge in [-0.25, -0.2) is 0 Å². The van der Waals surface area contributed by atoms with Gasteiger partial charge in [0.1, 0.15) is 0 Å². The summed E-state index contributed by atoms with van der Waals surface area (Å²) < 4.78 is 0. The van der Waals surface area contributed by atoms with Crippen molar-refractivity contribution in [1.29, 1.82) is 0 Å². The van der Waals surface area contributed by atoms with Crippen LogP contribution in [0.5, 0.6) is 0 Å². The molecule has 0 aliphatic rings. The number of unbranched alkanes of at least 4 members (excludes halogenated alkanes) is 14. The maximum absolute atomic E-state index is 10.2. The summed E-state index contributed by atoms with van der Waals surface area (Å²) >= 11 is 0. The van der Waals surface area contributed by atoms with Crippen molar-refractivity contribution < 1.29 is 5.11 Å². The standard InChI is InChI=1S/C24H51NO/c1-5-7-9-11-13-15-17-19-21-25(23-24(3,4)26)22-20-18-16-14-12-10-8-6-2/h26H,5-23H2,1-4H3. The van der Waals surface area contributed by atoms with E-state index in [0.717, 1.165) is 19.6 Å². The maximum Gasteiger partial charge on any atom is 0.0718 e. The molecule has 0 aromatic carbocycles. The van der Waals surface area contributed by atoms with E-state index in [2.05, 4.69) is 18.7 Å². The van der Waals surface area contributed by atoms with Crippen molar-refractivity contribution in [1.82, 2.24) is 4.90 Å². The third kappa shape index (κ3) is 20.2. The van der Waals surface area contributed by atoms with E-state index in [0.29, 0.717) is 0 Å². The monoisotopic (exact) mass is 369 g/mol. The number of nitrogens with zero attached hydrogens (tertiary/aromatic N) is 1. The average molecular weight is 370 g/mol. The summed E-state index contributed by atoms with van der Waals surface area (Å²) in [6, 6.07) is 0. The molecule has 2 nitrogen and oxygen atoms in total. The quantitative estimate of drug-likeness (QED) is 0.227. The predicted octanol–water partition coefficient (Wildman–Crippen LogP) is 7.34. The third-order valence-corrected chi connectivity index (χ3v) is 5.27. The van der Waals surface area contributed by atoms with E-state index in [9.17, 15) is 5.11 Å². The first-order chi connectivity index (χ1) is 12.5. The molecular weight excluding hydrogens is 318 g/mol. The number of hydrogen-bond acceptors (Lipinski definition) is 2. The summed E-state index contributed by atoms with van der Waals surface area (Å²) in [6.07, 6.45) is 22.0. The number of rotatable bonds is 20. The minimum absolute atomic E-state index is 0.569. The summed E-state index contributed by atoms with van der Waals surface area (Å²) in [5.41, 5.74) is -0.569. The second kappa shape index (κ2) is 18.3. The van der Waals surface area contributed by atoms with Gasteiger partial charge in [0.2, 0.25) is 0 Å². The Bertz CT molecular complexity index is 252. The summed E-state index contributed by atoms with van der Waals surface area (Å²) in [5.74, 6) is 0. The molecule has 0 atom stereocenters. The molecule has 0 heterocycles. The molecule has 0 fully saturated rings.